The molecule has 1 atom stereocenters. The largest absolute Gasteiger partial charge is 0.479 e. The molecule has 4 nitrogen and oxygen atoms in total. The fourth-order valence-corrected chi connectivity index (χ4v) is 3.33. The summed E-state index contributed by atoms with van der Waals surface area (Å²) in [4.78, 5) is 11.7. The van der Waals surface area contributed by atoms with Gasteiger partial charge in [0.1, 0.15) is 5.75 Å². The number of ether oxygens (including phenoxy) is 1. The quantitative estimate of drug-likeness (QED) is 0.916. The van der Waals surface area contributed by atoms with Crippen molar-refractivity contribution in [2.45, 2.75) is 38.5 Å². The molecule has 0 bridgehead atoms. The van der Waals surface area contributed by atoms with E-state index in [2.05, 4.69) is 41.0 Å². The lowest BCUT2D eigenvalue weighted by atomic mass is 10.1. The zero-order valence-corrected chi connectivity index (χ0v) is 13.1. The Bertz CT molecular complexity index is 732. The molecule has 118 valence electrons. The van der Waals surface area contributed by atoms with Gasteiger partial charge < -0.3 is 15.4 Å². The van der Waals surface area contributed by atoms with E-state index >= 15 is 0 Å². The van der Waals surface area contributed by atoms with E-state index in [0.717, 1.165) is 36.4 Å². The summed E-state index contributed by atoms with van der Waals surface area (Å²) < 4.78 is 5.59. The number of hydrogen-bond donors (Lipinski definition) is 2. The van der Waals surface area contributed by atoms with Crippen LogP contribution in [0, 0.1) is 0 Å². The summed E-state index contributed by atoms with van der Waals surface area (Å²) in [6.07, 6.45) is 1.74. The van der Waals surface area contributed by atoms with Gasteiger partial charge in [-0.2, -0.15) is 0 Å². The minimum atomic E-state index is -0.427. The Balaban J connectivity index is 1.41. The van der Waals surface area contributed by atoms with Crippen molar-refractivity contribution in [2.75, 3.05) is 5.32 Å². The van der Waals surface area contributed by atoms with Crippen LogP contribution in [-0.4, -0.2) is 18.1 Å². The maximum atomic E-state index is 11.7. The van der Waals surface area contributed by atoms with Gasteiger partial charge in [0.2, 0.25) is 0 Å². The number of carbonyl (C=O) groups excluding carboxylic acids is 1. The van der Waals surface area contributed by atoms with E-state index in [-0.39, 0.29) is 5.91 Å². The van der Waals surface area contributed by atoms with Crippen LogP contribution in [0.4, 0.5) is 5.69 Å². The Morgan fingerprint density at radius 1 is 1.17 bits per heavy atom. The first-order chi connectivity index (χ1) is 11.2. The molecule has 1 aliphatic heterocycles. The van der Waals surface area contributed by atoms with Crippen LogP contribution in [-0.2, 0) is 24.2 Å². The molecule has 0 radical (unpaired) electrons. The van der Waals surface area contributed by atoms with Gasteiger partial charge in [0.15, 0.2) is 6.10 Å². The summed E-state index contributed by atoms with van der Waals surface area (Å²) in [5.74, 6) is 0.656. The summed E-state index contributed by atoms with van der Waals surface area (Å²) in [5, 5.41) is 6.52. The predicted octanol–water partition coefficient (Wildman–Crippen LogP) is 2.66. The zero-order valence-electron chi connectivity index (χ0n) is 13.1. The Morgan fingerprint density at radius 3 is 2.65 bits per heavy atom. The molecule has 23 heavy (non-hydrogen) atoms. The first-order valence-electron chi connectivity index (χ1n) is 8.09. The third-order valence-corrected chi connectivity index (χ3v) is 4.62. The topological polar surface area (TPSA) is 50.4 Å². The molecule has 0 spiro atoms. The number of nitrogens with one attached hydrogen (secondary N) is 2. The number of carbonyl (C=O) groups is 1. The van der Waals surface area contributed by atoms with Crippen molar-refractivity contribution < 1.29 is 9.53 Å². The van der Waals surface area contributed by atoms with E-state index in [1.54, 1.807) is 6.92 Å². The van der Waals surface area contributed by atoms with E-state index < -0.39 is 6.10 Å². The Hall–Kier alpha value is -2.33. The third kappa shape index (κ3) is 2.82. The summed E-state index contributed by atoms with van der Waals surface area (Å²) in [6, 6.07) is 15.1. The molecule has 1 aliphatic carbocycles. The van der Waals surface area contributed by atoms with Gasteiger partial charge in [-0.05, 0) is 48.6 Å². The highest BCUT2D eigenvalue weighted by molar-refractivity contribution is 5.97. The number of benzene rings is 2. The molecule has 4 heteroatoms. The van der Waals surface area contributed by atoms with Crippen molar-refractivity contribution in [3.8, 4) is 5.75 Å². The van der Waals surface area contributed by atoms with Crippen molar-refractivity contribution in [1.29, 1.82) is 0 Å². The summed E-state index contributed by atoms with van der Waals surface area (Å²) in [6.45, 7) is 2.54. The van der Waals surface area contributed by atoms with Gasteiger partial charge in [0, 0.05) is 12.6 Å². The standard InChI is InChI=1S/C19H20N2O2/c1-12-19(22)21-17-8-13(6-7-18(17)23-12)11-20-16-9-14-4-2-3-5-15(14)10-16/h2-8,12,16,20H,9-11H2,1H3,(H,21,22). The summed E-state index contributed by atoms with van der Waals surface area (Å²) >= 11 is 0. The highest BCUT2D eigenvalue weighted by Crippen LogP contribution is 2.30. The van der Waals surface area contributed by atoms with E-state index in [1.165, 1.54) is 11.1 Å². The molecule has 0 saturated heterocycles. The van der Waals surface area contributed by atoms with Crippen LogP contribution in [0.2, 0.25) is 0 Å². The minimum absolute atomic E-state index is 0.0890. The summed E-state index contributed by atoms with van der Waals surface area (Å²) in [5.41, 5.74) is 4.82. The molecule has 0 aromatic heterocycles. The van der Waals surface area contributed by atoms with Crippen LogP contribution in [0.25, 0.3) is 0 Å². The molecule has 0 fully saturated rings. The van der Waals surface area contributed by atoms with Gasteiger partial charge >= 0.3 is 0 Å². The van der Waals surface area contributed by atoms with Crippen molar-refractivity contribution >= 4 is 11.6 Å². The second-order valence-electron chi connectivity index (χ2n) is 6.33. The van der Waals surface area contributed by atoms with Crippen LogP contribution >= 0.6 is 0 Å². The van der Waals surface area contributed by atoms with Gasteiger partial charge in [0.05, 0.1) is 5.69 Å². The third-order valence-electron chi connectivity index (χ3n) is 4.62. The lowest BCUT2D eigenvalue weighted by molar-refractivity contribution is -0.122. The SMILES string of the molecule is CC1Oc2ccc(CNC3Cc4ccccc4C3)cc2NC1=O. The van der Waals surface area contributed by atoms with E-state index in [1.807, 2.05) is 12.1 Å². The van der Waals surface area contributed by atoms with Crippen LogP contribution in [0.1, 0.15) is 23.6 Å². The fourth-order valence-electron chi connectivity index (χ4n) is 3.33. The van der Waals surface area contributed by atoms with Crippen molar-refractivity contribution in [1.82, 2.24) is 5.32 Å². The number of fused-ring (bicyclic) bond motifs is 2. The Kier molecular flexibility index (Phi) is 3.54. The first kappa shape index (κ1) is 14.3. The lowest BCUT2D eigenvalue weighted by Crippen LogP contribution is -2.34. The average molecular weight is 308 g/mol. The zero-order chi connectivity index (χ0) is 15.8. The predicted molar refractivity (Wildman–Crippen MR) is 89.6 cm³/mol. The maximum Gasteiger partial charge on any atom is 0.265 e. The molecular formula is C19H20N2O2. The molecule has 2 aromatic carbocycles. The van der Waals surface area contributed by atoms with Crippen molar-refractivity contribution in [3.63, 3.8) is 0 Å². The van der Waals surface area contributed by atoms with Crippen LogP contribution in [0.3, 0.4) is 0 Å². The molecule has 4 rings (SSSR count). The van der Waals surface area contributed by atoms with Crippen molar-refractivity contribution in [3.05, 3.63) is 59.2 Å². The van der Waals surface area contributed by atoms with Crippen molar-refractivity contribution in [2.24, 2.45) is 0 Å². The van der Waals surface area contributed by atoms with E-state index in [4.69, 9.17) is 4.74 Å². The molecule has 2 N–H and O–H groups in total. The van der Waals surface area contributed by atoms with E-state index in [9.17, 15) is 4.79 Å². The highest BCUT2D eigenvalue weighted by atomic mass is 16.5. The maximum absolute atomic E-state index is 11.7. The smallest absolute Gasteiger partial charge is 0.265 e. The lowest BCUT2D eigenvalue weighted by Gasteiger charge is -2.24. The Morgan fingerprint density at radius 2 is 1.91 bits per heavy atom. The molecule has 0 saturated carbocycles. The van der Waals surface area contributed by atoms with Gasteiger partial charge in [0.25, 0.3) is 5.91 Å². The fraction of sp³-hybridized carbons (Fsp3) is 0.316. The van der Waals surface area contributed by atoms with Gasteiger partial charge in [-0.15, -0.1) is 0 Å². The van der Waals surface area contributed by atoms with Crippen LogP contribution in [0.5, 0.6) is 5.75 Å². The number of hydrogen-bond acceptors (Lipinski definition) is 3. The molecule has 1 amide bonds. The Labute approximate surface area is 135 Å². The van der Waals surface area contributed by atoms with Gasteiger partial charge in [-0.25, -0.2) is 0 Å². The van der Waals surface area contributed by atoms with Crippen LogP contribution in [0.15, 0.2) is 42.5 Å². The minimum Gasteiger partial charge on any atom is -0.479 e. The normalized spacial score (nSPS) is 19.7. The monoisotopic (exact) mass is 308 g/mol. The van der Waals surface area contributed by atoms with Gasteiger partial charge in [-0.3, -0.25) is 4.79 Å². The molecule has 1 heterocycles. The second-order valence-corrected chi connectivity index (χ2v) is 6.33. The average Bonchev–Trinajstić information content (AvgIpc) is 2.97. The second kappa shape index (κ2) is 5.70. The number of rotatable bonds is 3. The molecule has 2 aromatic rings. The van der Waals surface area contributed by atoms with E-state index in [0.29, 0.717) is 6.04 Å². The molecule has 2 aliphatic rings. The number of amides is 1. The van der Waals surface area contributed by atoms with Gasteiger partial charge in [-0.1, -0.05) is 30.3 Å². The molecular weight excluding hydrogens is 288 g/mol. The van der Waals surface area contributed by atoms with Crippen LogP contribution < -0.4 is 15.4 Å². The summed E-state index contributed by atoms with van der Waals surface area (Å²) in [7, 11) is 0. The molecule has 1 unspecified atom stereocenters. The number of anilines is 1. The highest BCUT2D eigenvalue weighted by Gasteiger charge is 2.24. The first-order valence-corrected chi connectivity index (χ1v) is 8.09.